The Hall–Kier alpha value is -2.17. The van der Waals surface area contributed by atoms with Crippen LogP contribution in [0.3, 0.4) is 0 Å². The molecule has 1 aromatic carbocycles. The molecule has 1 N–H and O–H groups in total. The summed E-state index contributed by atoms with van der Waals surface area (Å²) in [7, 11) is 0. The fourth-order valence-corrected chi connectivity index (χ4v) is 3.13. The molecule has 0 spiro atoms. The molecule has 1 aliphatic rings. The van der Waals surface area contributed by atoms with E-state index in [4.69, 9.17) is 0 Å². The maximum absolute atomic E-state index is 12.9. The maximum atomic E-state index is 12.9. The summed E-state index contributed by atoms with van der Waals surface area (Å²) in [6, 6.07) is 6.37. The highest BCUT2D eigenvalue weighted by atomic mass is 19.1. The Bertz CT molecular complexity index is 665. The number of likely N-dealkylation sites (tertiary alicyclic amines) is 1. The van der Waals surface area contributed by atoms with Crippen LogP contribution in [0.1, 0.15) is 42.3 Å². The van der Waals surface area contributed by atoms with E-state index in [0.29, 0.717) is 18.8 Å². The second-order valence-corrected chi connectivity index (χ2v) is 6.26. The third-order valence-corrected chi connectivity index (χ3v) is 4.42. The van der Waals surface area contributed by atoms with Crippen LogP contribution in [0.2, 0.25) is 0 Å². The second-order valence-electron chi connectivity index (χ2n) is 6.26. The number of amides is 1. The van der Waals surface area contributed by atoms with Crippen molar-refractivity contribution in [2.45, 2.75) is 38.5 Å². The standard InChI is InChI=1S/C18H22FN3O/c1-13-11-20-18(21-13)15-3-2-10-22(12-15)17(23)9-6-14-4-7-16(19)8-5-14/h4-5,7-8,11,15H,2-3,6,9-10,12H2,1H3,(H,20,21)/t15-/m1/s1. The lowest BCUT2D eigenvalue weighted by atomic mass is 9.97. The van der Waals surface area contributed by atoms with E-state index in [-0.39, 0.29) is 11.7 Å². The Morgan fingerprint density at radius 1 is 1.39 bits per heavy atom. The molecule has 2 aromatic rings. The average Bonchev–Trinajstić information content (AvgIpc) is 3.01. The third-order valence-electron chi connectivity index (χ3n) is 4.42. The number of carbonyl (C=O) groups excluding carboxylic acids is 1. The molecule has 5 heteroatoms. The first-order valence-electron chi connectivity index (χ1n) is 8.15. The molecule has 0 bridgehead atoms. The van der Waals surface area contributed by atoms with Gasteiger partial charge in [-0.05, 0) is 43.9 Å². The molecule has 2 heterocycles. The van der Waals surface area contributed by atoms with Crippen molar-refractivity contribution in [2.75, 3.05) is 13.1 Å². The zero-order valence-corrected chi connectivity index (χ0v) is 13.4. The van der Waals surface area contributed by atoms with Gasteiger partial charge in [0.05, 0.1) is 0 Å². The second kappa shape index (κ2) is 6.94. The van der Waals surface area contributed by atoms with Gasteiger partial charge < -0.3 is 9.88 Å². The van der Waals surface area contributed by atoms with E-state index in [0.717, 1.165) is 43.0 Å². The van der Waals surface area contributed by atoms with Crippen LogP contribution in [-0.2, 0) is 11.2 Å². The largest absolute Gasteiger partial charge is 0.346 e. The molecule has 0 radical (unpaired) electrons. The van der Waals surface area contributed by atoms with Crippen molar-refractivity contribution in [2.24, 2.45) is 0 Å². The first kappa shape index (κ1) is 15.7. The molecule has 1 aromatic heterocycles. The van der Waals surface area contributed by atoms with E-state index >= 15 is 0 Å². The number of imidazole rings is 1. The monoisotopic (exact) mass is 315 g/mol. The molecule has 1 atom stereocenters. The van der Waals surface area contributed by atoms with Gasteiger partial charge in [0.15, 0.2) is 0 Å². The number of aromatic amines is 1. The van der Waals surface area contributed by atoms with Crippen molar-refractivity contribution < 1.29 is 9.18 Å². The number of H-pyrrole nitrogens is 1. The summed E-state index contributed by atoms with van der Waals surface area (Å²) in [6.45, 7) is 3.54. The number of rotatable bonds is 4. The molecule has 1 saturated heterocycles. The van der Waals surface area contributed by atoms with Gasteiger partial charge in [0.1, 0.15) is 11.6 Å². The summed E-state index contributed by atoms with van der Waals surface area (Å²) >= 11 is 0. The zero-order chi connectivity index (χ0) is 16.2. The number of aromatic nitrogens is 2. The number of nitrogens with zero attached hydrogens (tertiary/aromatic N) is 2. The fourth-order valence-electron chi connectivity index (χ4n) is 3.13. The number of aryl methyl sites for hydroxylation is 2. The van der Waals surface area contributed by atoms with Crippen LogP contribution in [0.5, 0.6) is 0 Å². The van der Waals surface area contributed by atoms with Crippen LogP contribution < -0.4 is 0 Å². The Morgan fingerprint density at radius 2 is 2.17 bits per heavy atom. The molecule has 0 saturated carbocycles. The molecule has 1 aliphatic heterocycles. The van der Waals surface area contributed by atoms with Crippen LogP contribution in [-0.4, -0.2) is 33.9 Å². The number of hydrogen-bond donors (Lipinski definition) is 1. The highest BCUT2D eigenvalue weighted by molar-refractivity contribution is 5.76. The van der Waals surface area contributed by atoms with Crippen LogP contribution in [0.15, 0.2) is 30.5 Å². The van der Waals surface area contributed by atoms with Gasteiger partial charge in [0.2, 0.25) is 5.91 Å². The van der Waals surface area contributed by atoms with Crippen molar-refractivity contribution in [1.82, 2.24) is 14.9 Å². The Balaban J connectivity index is 1.55. The quantitative estimate of drug-likeness (QED) is 0.942. The molecular formula is C18H22FN3O. The predicted octanol–water partition coefficient (Wildman–Crippen LogP) is 3.20. The van der Waals surface area contributed by atoms with Crippen LogP contribution >= 0.6 is 0 Å². The summed E-state index contributed by atoms with van der Waals surface area (Å²) in [4.78, 5) is 22.1. The highest BCUT2D eigenvalue weighted by Crippen LogP contribution is 2.25. The van der Waals surface area contributed by atoms with Gasteiger partial charge in [-0.2, -0.15) is 0 Å². The van der Waals surface area contributed by atoms with E-state index in [1.54, 1.807) is 12.1 Å². The van der Waals surface area contributed by atoms with E-state index < -0.39 is 0 Å². The Kier molecular flexibility index (Phi) is 4.74. The Labute approximate surface area is 135 Å². The number of nitrogens with one attached hydrogen (secondary N) is 1. The van der Waals surface area contributed by atoms with Gasteiger partial charge in [0.25, 0.3) is 0 Å². The maximum Gasteiger partial charge on any atom is 0.222 e. The van der Waals surface area contributed by atoms with E-state index in [2.05, 4.69) is 9.97 Å². The van der Waals surface area contributed by atoms with Crippen LogP contribution in [0, 0.1) is 12.7 Å². The van der Waals surface area contributed by atoms with Gasteiger partial charge >= 0.3 is 0 Å². The number of carbonyl (C=O) groups is 1. The molecule has 122 valence electrons. The van der Waals surface area contributed by atoms with Gasteiger partial charge in [-0.25, -0.2) is 9.37 Å². The van der Waals surface area contributed by atoms with E-state index in [1.165, 1.54) is 12.1 Å². The van der Waals surface area contributed by atoms with Gasteiger partial charge in [-0.1, -0.05) is 12.1 Å². The van der Waals surface area contributed by atoms with E-state index in [1.807, 2.05) is 18.0 Å². The van der Waals surface area contributed by atoms with Crippen molar-refractivity contribution in [3.8, 4) is 0 Å². The van der Waals surface area contributed by atoms with Crippen molar-refractivity contribution in [3.63, 3.8) is 0 Å². The number of hydrogen-bond acceptors (Lipinski definition) is 2. The van der Waals surface area contributed by atoms with Gasteiger partial charge in [0, 0.05) is 37.3 Å². The molecule has 4 nitrogen and oxygen atoms in total. The molecule has 1 amide bonds. The normalized spacial score (nSPS) is 18.2. The summed E-state index contributed by atoms with van der Waals surface area (Å²) in [5.74, 6) is 1.21. The first-order chi connectivity index (χ1) is 11.1. The highest BCUT2D eigenvalue weighted by Gasteiger charge is 2.26. The van der Waals surface area contributed by atoms with Gasteiger partial charge in [-0.3, -0.25) is 4.79 Å². The minimum Gasteiger partial charge on any atom is -0.346 e. The SMILES string of the molecule is Cc1cnc([C@@H]2CCCN(C(=O)CCc3ccc(F)cc3)C2)[nH]1. The van der Waals surface area contributed by atoms with Crippen molar-refractivity contribution in [3.05, 3.63) is 53.4 Å². The minimum atomic E-state index is -0.243. The molecule has 23 heavy (non-hydrogen) atoms. The smallest absolute Gasteiger partial charge is 0.222 e. The van der Waals surface area contributed by atoms with Crippen LogP contribution in [0.4, 0.5) is 4.39 Å². The summed E-state index contributed by atoms with van der Waals surface area (Å²) in [5.41, 5.74) is 2.05. The van der Waals surface area contributed by atoms with Crippen LogP contribution in [0.25, 0.3) is 0 Å². The predicted molar refractivity (Wildman–Crippen MR) is 86.6 cm³/mol. The minimum absolute atomic E-state index is 0.169. The molecule has 0 aliphatic carbocycles. The van der Waals surface area contributed by atoms with Crippen molar-refractivity contribution >= 4 is 5.91 Å². The molecule has 3 rings (SSSR count). The summed E-state index contributed by atoms with van der Waals surface area (Å²) in [6.07, 6.45) is 5.03. The summed E-state index contributed by atoms with van der Waals surface area (Å²) < 4.78 is 12.9. The number of piperidine rings is 1. The topological polar surface area (TPSA) is 49.0 Å². The third kappa shape index (κ3) is 3.97. The van der Waals surface area contributed by atoms with Crippen molar-refractivity contribution in [1.29, 1.82) is 0 Å². The Morgan fingerprint density at radius 3 is 2.87 bits per heavy atom. The molecular weight excluding hydrogens is 293 g/mol. The lowest BCUT2D eigenvalue weighted by Crippen LogP contribution is -2.39. The molecule has 0 unspecified atom stereocenters. The average molecular weight is 315 g/mol. The molecule has 1 fully saturated rings. The number of halogens is 1. The lowest BCUT2D eigenvalue weighted by Gasteiger charge is -2.32. The fraction of sp³-hybridized carbons (Fsp3) is 0.444. The zero-order valence-electron chi connectivity index (χ0n) is 13.4. The summed E-state index contributed by atoms with van der Waals surface area (Å²) in [5, 5.41) is 0. The lowest BCUT2D eigenvalue weighted by molar-refractivity contribution is -0.132. The van der Waals surface area contributed by atoms with E-state index in [9.17, 15) is 9.18 Å². The van der Waals surface area contributed by atoms with Gasteiger partial charge in [-0.15, -0.1) is 0 Å². The first-order valence-corrected chi connectivity index (χ1v) is 8.15. The number of benzene rings is 1.